The Morgan fingerprint density at radius 3 is 2.03 bits per heavy atom. The van der Waals surface area contributed by atoms with Gasteiger partial charge in [0.1, 0.15) is 5.75 Å². The number of aromatic hydroxyl groups is 3. The number of ketones is 1. The van der Waals surface area contributed by atoms with Crippen LogP contribution < -0.4 is 0 Å². The van der Waals surface area contributed by atoms with Gasteiger partial charge in [0, 0.05) is 11.0 Å². The van der Waals surface area contributed by atoms with Gasteiger partial charge in [0.2, 0.25) is 0 Å². The third-order valence-corrected chi connectivity index (χ3v) is 6.28. The van der Waals surface area contributed by atoms with Gasteiger partial charge in [-0.2, -0.15) is 0 Å². The van der Waals surface area contributed by atoms with Gasteiger partial charge in [-0.15, -0.1) is 11.8 Å². The number of unbranched alkanes of at least 4 members (excludes halogenated alkanes) is 8. The molecule has 0 aromatic heterocycles. The van der Waals surface area contributed by atoms with Crippen molar-refractivity contribution in [1.29, 1.82) is 0 Å². The monoisotopic (exact) mass is 442 g/mol. The highest BCUT2D eigenvalue weighted by Crippen LogP contribution is 2.32. The molecular formula is C26H34O4S. The molecule has 31 heavy (non-hydrogen) atoms. The minimum absolute atomic E-state index is 0.0558. The number of hydrogen-bond acceptors (Lipinski definition) is 5. The van der Waals surface area contributed by atoms with Crippen LogP contribution in [0.2, 0.25) is 0 Å². The topological polar surface area (TPSA) is 77.8 Å². The second kappa shape index (κ2) is 13.8. The summed E-state index contributed by atoms with van der Waals surface area (Å²) in [6.45, 7) is 2.25. The van der Waals surface area contributed by atoms with E-state index in [2.05, 4.69) is 6.92 Å². The molecule has 0 aliphatic carbocycles. The predicted octanol–water partition coefficient (Wildman–Crippen LogP) is 7.32. The van der Waals surface area contributed by atoms with Crippen molar-refractivity contribution in [2.45, 2.75) is 69.6 Å². The van der Waals surface area contributed by atoms with E-state index in [0.717, 1.165) is 23.4 Å². The molecule has 0 aliphatic heterocycles. The molecule has 5 heteroatoms. The Morgan fingerprint density at radius 2 is 1.39 bits per heavy atom. The van der Waals surface area contributed by atoms with Crippen molar-refractivity contribution in [3.05, 3.63) is 53.6 Å². The maximum atomic E-state index is 12.2. The fourth-order valence-electron chi connectivity index (χ4n) is 3.30. The molecule has 0 radical (unpaired) electrons. The average molecular weight is 443 g/mol. The lowest BCUT2D eigenvalue weighted by Crippen LogP contribution is -1.94. The van der Waals surface area contributed by atoms with Crippen LogP contribution >= 0.6 is 11.8 Å². The fourth-order valence-corrected chi connectivity index (χ4v) is 4.22. The van der Waals surface area contributed by atoms with Crippen LogP contribution in [-0.2, 0) is 0 Å². The van der Waals surface area contributed by atoms with E-state index >= 15 is 0 Å². The van der Waals surface area contributed by atoms with Gasteiger partial charge >= 0.3 is 0 Å². The average Bonchev–Trinajstić information content (AvgIpc) is 2.76. The highest BCUT2D eigenvalue weighted by atomic mass is 32.2. The highest BCUT2D eigenvalue weighted by molar-refractivity contribution is 7.99. The lowest BCUT2D eigenvalue weighted by Gasteiger charge is -2.04. The van der Waals surface area contributed by atoms with E-state index in [1.165, 1.54) is 68.8 Å². The number of carbonyl (C=O) groups excluding carboxylic acids is 1. The summed E-state index contributed by atoms with van der Waals surface area (Å²) in [5.74, 6) is -0.603. The Bertz CT molecular complexity index is 843. The largest absolute Gasteiger partial charge is 0.507 e. The SMILES string of the molecule is CCCCCCCCCCCSc1ccc(C=CC(=O)c2cc(O)c(O)cc2O)cc1. The molecule has 4 nitrogen and oxygen atoms in total. The van der Waals surface area contributed by atoms with Crippen molar-refractivity contribution in [3.63, 3.8) is 0 Å². The van der Waals surface area contributed by atoms with E-state index < -0.39 is 17.3 Å². The van der Waals surface area contributed by atoms with Crippen molar-refractivity contribution in [1.82, 2.24) is 0 Å². The summed E-state index contributed by atoms with van der Waals surface area (Å²) in [6, 6.07) is 10.0. The van der Waals surface area contributed by atoms with E-state index in [1.54, 1.807) is 6.08 Å². The number of rotatable bonds is 14. The van der Waals surface area contributed by atoms with Gasteiger partial charge in [0.05, 0.1) is 5.56 Å². The van der Waals surface area contributed by atoms with E-state index in [1.807, 2.05) is 36.0 Å². The summed E-state index contributed by atoms with van der Waals surface area (Å²) in [5, 5.41) is 28.7. The molecule has 0 bridgehead atoms. The molecule has 0 saturated heterocycles. The Kier molecular flexibility index (Phi) is 11.1. The summed E-state index contributed by atoms with van der Waals surface area (Å²) in [7, 11) is 0. The van der Waals surface area contributed by atoms with Gasteiger partial charge in [-0.05, 0) is 42.0 Å². The third kappa shape index (κ3) is 9.09. The molecule has 0 amide bonds. The van der Waals surface area contributed by atoms with Crippen LogP contribution in [0.15, 0.2) is 47.4 Å². The Balaban J connectivity index is 1.70. The number of phenolic OH excluding ortho intramolecular Hbond substituents is 3. The molecule has 2 aromatic rings. The molecule has 3 N–H and O–H groups in total. The van der Waals surface area contributed by atoms with Crippen LogP contribution in [0.4, 0.5) is 0 Å². The van der Waals surface area contributed by atoms with Crippen LogP contribution in [0.1, 0.15) is 80.6 Å². The van der Waals surface area contributed by atoms with Gasteiger partial charge in [-0.1, -0.05) is 76.5 Å². The Morgan fingerprint density at radius 1 is 0.806 bits per heavy atom. The number of thioether (sulfide) groups is 1. The number of carbonyl (C=O) groups is 1. The second-order valence-electron chi connectivity index (χ2n) is 7.80. The molecule has 2 aromatic carbocycles. The first-order valence-electron chi connectivity index (χ1n) is 11.2. The van der Waals surface area contributed by atoms with E-state index in [4.69, 9.17) is 0 Å². The van der Waals surface area contributed by atoms with Gasteiger partial charge in [-0.25, -0.2) is 0 Å². The van der Waals surface area contributed by atoms with E-state index in [-0.39, 0.29) is 11.3 Å². The van der Waals surface area contributed by atoms with Crippen LogP contribution in [-0.4, -0.2) is 26.9 Å². The number of allylic oxidation sites excluding steroid dienone is 1. The first-order chi connectivity index (χ1) is 15.0. The summed E-state index contributed by atoms with van der Waals surface area (Å²) < 4.78 is 0. The van der Waals surface area contributed by atoms with Gasteiger partial charge in [-0.3, -0.25) is 4.79 Å². The molecule has 0 fully saturated rings. The number of benzene rings is 2. The van der Waals surface area contributed by atoms with Gasteiger partial charge in [0.15, 0.2) is 17.3 Å². The minimum Gasteiger partial charge on any atom is -0.507 e. The van der Waals surface area contributed by atoms with Crippen LogP contribution in [0, 0.1) is 0 Å². The zero-order chi connectivity index (χ0) is 22.5. The molecule has 0 heterocycles. The summed E-state index contributed by atoms with van der Waals surface area (Å²) in [4.78, 5) is 13.5. The maximum Gasteiger partial charge on any atom is 0.189 e. The molecule has 0 spiro atoms. The lowest BCUT2D eigenvalue weighted by molar-refractivity contribution is 0.104. The first kappa shape index (κ1) is 24.9. The predicted molar refractivity (Wildman–Crippen MR) is 129 cm³/mol. The van der Waals surface area contributed by atoms with E-state index in [0.29, 0.717) is 0 Å². The van der Waals surface area contributed by atoms with Crippen molar-refractivity contribution < 1.29 is 20.1 Å². The lowest BCUT2D eigenvalue weighted by atomic mass is 10.1. The van der Waals surface area contributed by atoms with Crippen molar-refractivity contribution in [3.8, 4) is 17.2 Å². The highest BCUT2D eigenvalue weighted by Gasteiger charge is 2.12. The second-order valence-corrected chi connectivity index (χ2v) is 8.97. The van der Waals surface area contributed by atoms with Crippen molar-refractivity contribution >= 4 is 23.6 Å². The summed E-state index contributed by atoms with van der Waals surface area (Å²) in [6.07, 6.45) is 15.0. The zero-order valence-corrected chi connectivity index (χ0v) is 19.2. The van der Waals surface area contributed by atoms with Gasteiger partial charge < -0.3 is 15.3 Å². The smallest absolute Gasteiger partial charge is 0.189 e. The van der Waals surface area contributed by atoms with Gasteiger partial charge in [0.25, 0.3) is 0 Å². The van der Waals surface area contributed by atoms with E-state index in [9.17, 15) is 20.1 Å². The molecule has 2 rings (SSSR count). The van der Waals surface area contributed by atoms with Crippen LogP contribution in [0.3, 0.4) is 0 Å². The zero-order valence-electron chi connectivity index (χ0n) is 18.3. The maximum absolute atomic E-state index is 12.2. The molecule has 0 aliphatic rings. The normalized spacial score (nSPS) is 11.3. The molecule has 0 unspecified atom stereocenters. The van der Waals surface area contributed by atoms with Crippen molar-refractivity contribution in [2.75, 3.05) is 5.75 Å². The molecular weight excluding hydrogens is 408 g/mol. The third-order valence-electron chi connectivity index (χ3n) is 5.18. The standard InChI is InChI=1S/C26H34O4S/c1-2-3-4-5-6-7-8-9-10-17-31-21-14-11-20(12-15-21)13-16-23(27)22-18-25(29)26(30)19-24(22)28/h11-16,18-19,28-30H,2-10,17H2,1H3. The first-order valence-corrected chi connectivity index (χ1v) is 12.2. The molecule has 168 valence electrons. The van der Waals surface area contributed by atoms with Crippen LogP contribution in [0.5, 0.6) is 17.2 Å². The Labute approximate surface area is 190 Å². The minimum atomic E-state index is -0.464. The quantitative estimate of drug-likeness (QED) is 0.0713. The fraction of sp³-hybridized carbons (Fsp3) is 0.423. The van der Waals surface area contributed by atoms with Crippen LogP contribution in [0.25, 0.3) is 6.08 Å². The van der Waals surface area contributed by atoms with Crippen molar-refractivity contribution in [2.24, 2.45) is 0 Å². The molecule has 0 atom stereocenters. The summed E-state index contributed by atoms with van der Waals surface area (Å²) >= 11 is 1.85. The number of phenols is 3. The Hall–Kier alpha value is -2.40. The molecule has 0 saturated carbocycles. The number of hydrogen-bond donors (Lipinski definition) is 3. The summed E-state index contributed by atoms with van der Waals surface area (Å²) in [5.41, 5.74) is 0.822.